The molecule has 2 aromatic heterocycles. The molecule has 0 radical (unpaired) electrons. The highest BCUT2D eigenvalue weighted by atomic mass is 32.1. The Morgan fingerprint density at radius 2 is 1.95 bits per heavy atom. The summed E-state index contributed by atoms with van der Waals surface area (Å²) in [5.41, 5.74) is 0. The minimum Gasteiger partial charge on any atom is -0.354 e. The van der Waals surface area contributed by atoms with Crippen LogP contribution in [0.3, 0.4) is 0 Å². The number of nitrogens with zero attached hydrogens (tertiary/aromatic N) is 1. The van der Waals surface area contributed by atoms with Crippen LogP contribution in [0, 0.1) is 0 Å². The molecule has 1 N–H and O–H groups in total. The van der Waals surface area contributed by atoms with Crippen LogP contribution in [-0.4, -0.2) is 31.4 Å². The van der Waals surface area contributed by atoms with Crippen LogP contribution in [0.4, 0.5) is 0 Å². The van der Waals surface area contributed by atoms with E-state index in [4.69, 9.17) is 0 Å². The SMILES string of the molecule is CN(C)C(CNC(=O)CCCCc1cccs1)c1cccs1. The predicted octanol–water partition coefficient (Wildman–Crippen LogP) is 3.94. The van der Waals surface area contributed by atoms with Gasteiger partial charge >= 0.3 is 0 Å². The second kappa shape index (κ2) is 9.08. The largest absolute Gasteiger partial charge is 0.354 e. The molecule has 0 spiro atoms. The molecule has 0 saturated carbocycles. The smallest absolute Gasteiger partial charge is 0.220 e. The highest BCUT2D eigenvalue weighted by molar-refractivity contribution is 7.10. The first kappa shape index (κ1) is 17.2. The lowest BCUT2D eigenvalue weighted by molar-refractivity contribution is -0.121. The molecule has 0 aliphatic heterocycles. The molecule has 0 aliphatic rings. The number of amides is 1. The first-order valence-electron chi connectivity index (χ1n) is 7.65. The molecular weight excluding hydrogens is 312 g/mol. The minimum absolute atomic E-state index is 0.162. The summed E-state index contributed by atoms with van der Waals surface area (Å²) in [6.07, 6.45) is 3.74. The third-order valence-corrected chi connectivity index (χ3v) is 5.55. The Hall–Kier alpha value is -1.17. The number of aryl methyl sites for hydroxylation is 1. The van der Waals surface area contributed by atoms with E-state index in [2.05, 4.69) is 59.3 Å². The van der Waals surface area contributed by atoms with Gasteiger partial charge in [-0.05, 0) is 56.3 Å². The van der Waals surface area contributed by atoms with Crippen molar-refractivity contribution >= 4 is 28.6 Å². The Kier molecular flexibility index (Phi) is 7.09. The summed E-state index contributed by atoms with van der Waals surface area (Å²) in [4.78, 5) is 16.8. The molecule has 5 heteroatoms. The van der Waals surface area contributed by atoms with E-state index >= 15 is 0 Å². The van der Waals surface area contributed by atoms with Gasteiger partial charge in [0, 0.05) is 22.7 Å². The normalized spacial score (nSPS) is 12.5. The van der Waals surface area contributed by atoms with Gasteiger partial charge in [0.1, 0.15) is 0 Å². The highest BCUT2D eigenvalue weighted by Crippen LogP contribution is 2.22. The Balaban J connectivity index is 1.66. The van der Waals surface area contributed by atoms with Crippen molar-refractivity contribution in [1.82, 2.24) is 10.2 Å². The van der Waals surface area contributed by atoms with E-state index in [1.165, 1.54) is 9.75 Å². The molecule has 0 aliphatic carbocycles. The van der Waals surface area contributed by atoms with Crippen molar-refractivity contribution in [2.75, 3.05) is 20.6 Å². The van der Waals surface area contributed by atoms with Gasteiger partial charge < -0.3 is 10.2 Å². The molecule has 0 aromatic carbocycles. The molecule has 1 amide bonds. The van der Waals surface area contributed by atoms with E-state index < -0.39 is 0 Å². The standard InChI is InChI=1S/C17H24N2OS2/c1-19(2)15(16-9-6-12-22-16)13-18-17(20)10-4-3-7-14-8-5-11-21-14/h5-6,8-9,11-12,15H,3-4,7,10,13H2,1-2H3,(H,18,20). The lowest BCUT2D eigenvalue weighted by atomic mass is 10.1. The number of rotatable bonds is 9. The highest BCUT2D eigenvalue weighted by Gasteiger charge is 2.15. The van der Waals surface area contributed by atoms with E-state index in [1.807, 2.05) is 0 Å². The van der Waals surface area contributed by atoms with Gasteiger partial charge in [-0.1, -0.05) is 12.1 Å². The number of unbranched alkanes of at least 4 members (excludes halogenated alkanes) is 1. The van der Waals surface area contributed by atoms with Crippen LogP contribution in [0.15, 0.2) is 35.0 Å². The van der Waals surface area contributed by atoms with E-state index in [0.717, 1.165) is 19.3 Å². The average molecular weight is 337 g/mol. The zero-order valence-corrected chi connectivity index (χ0v) is 14.9. The lowest BCUT2D eigenvalue weighted by Gasteiger charge is -2.23. The third-order valence-electron chi connectivity index (χ3n) is 3.64. The topological polar surface area (TPSA) is 32.3 Å². The van der Waals surface area contributed by atoms with Crippen molar-refractivity contribution in [3.05, 3.63) is 44.8 Å². The maximum atomic E-state index is 12.0. The molecule has 120 valence electrons. The maximum Gasteiger partial charge on any atom is 0.220 e. The van der Waals surface area contributed by atoms with Gasteiger partial charge in [-0.25, -0.2) is 0 Å². The van der Waals surface area contributed by atoms with Crippen LogP contribution in [0.2, 0.25) is 0 Å². The Labute approximate surface area is 141 Å². The lowest BCUT2D eigenvalue weighted by Crippen LogP contribution is -2.34. The van der Waals surface area contributed by atoms with Crippen molar-refractivity contribution < 1.29 is 4.79 Å². The molecule has 0 bridgehead atoms. The molecule has 2 heterocycles. The van der Waals surface area contributed by atoms with E-state index in [0.29, 0.717) is 13.0 Å². The maximum absolute atomic E-state index is 12.0. The van der Waals surface area contributed by atoms with Gasteiger partial charge in [-0.15, -0.1) is 22.7 Å². The van der Waals surface area contributed by atoms with Crippen LogP contribution >= 0.6 is 22.7 Å². The summed E-state index contributed by atoms with van der Waals surface area (Å²) in [5.74, 6) is 0.162. The fourth-order valence-electron chi connectivity index (χ4n) is 2.36. The Bertz CT molecular complexity index is 535. The molecule has 1 unspecified atom stereocenters. The number of likely N-dealkylation sites (N-methyl/N-ethyl adjacent to an activating group) is 1. The monoisotopic (exact) mass is 336 g/mol. The van der Waals surface area contributed by atoms with Crippen LogP contribution in [0.1, 0.15) is 35.1 Å². The fraction of sp³-hybridized carbons (Fsp3) is 0.471. The van der Waals surface area contributed by atoms with Crippen molar-refractivity contribution in [1.29, 1.82) is 0 Å². The third kappa shape index (κ3) is 5.55. The minimum atomic E-state index is 0.162. The molecule has 2 aromatic rings. The van der Waals surface area contributed by atoms with Crippen molar-refractivity contribution in [2.24, 2.45) is 0 Å². The summed E-state index contributed by atoms with van der Waals surface area (Å²) >= 11 is 3.53. The van der Waals surface area contributed by atoms with Gasteiger partial charge in [0.2, 0.25) is 5.91 Å². The molecule has 2 rings (SSSR count). The van der Waals surface area contributed by atoms with Crippen LogP contribution in [-0.2, 0) is 11.2 Å². The predicted molar refractivity (Wildman–Crippen MR) is 95.6 cm³/mol. The number of carbonyl (C=O) groups excluding carboxylic acids is 1. The van der Waals surface area contributed by atoms with E-state index in [-0.39, 0.29) is 11.9 Å². The molecule has 0 fully saturated rings. The summed E-state index contributed by atoms with van der Waals surface area (Å²) in [5, 5.41) is 7.26. The van der Waals surface area contributed by atoms with Gasteiger partial charge in [-0.2, -0.15) is 0 Å². The quantitative estimate of drug-likeness (QED) is 0.704. The zero-order chi connectivity index (χ0) is 15.8. The first-order valence-corrected chi connectivity index (χ1v) is 9.41. The van der Waals surface area contributed by atoms with Crippen molar-refractivity contribution in [2.45, 2.75) is 31.7 Å². The number of thiophene rings is 2. The summed E-state index contributed by atoms with van der Waals surface area (Å²) in [6, 6.07) is 8.69. The van der Waals surface area contributed by atoms with Crippen molar-refractivity contribution in [3.63, 3.8) is 0 Å². The second-order valence-corrected chi connectivity index (χ2v) is 7.60. The van der Waals surface area contributed by atoms with Gasteiger partial charge in [0.25, 0.3) is 0 Å². The molecule has 1 atom stereocenters. The van der Waals surface area contributed by atoms with E-state index in [9.17, 15) is 4.79 Å². The van der Waals surface area contributed by atoms with Gasteiger partial charge in [-0.3, -0.25) is 4.79 Å². The van der Waals surface area contributed by atoms with Crippen LogP contribution in [0.5, 0.6) is 0 Å². The first-order chi connectivity index (χ1) is 10.7. The molecule has 0 saturated heterocycles. The zero-order valence-electron chi connectivity index (χ0n) is 13.2. The van der Waals surface area contributed by atoms with Crippen molar-refractivity contribution in [3.8, 4) is 0 Å². The molecule has 3 nitrogen and oxygen atoms in total. The second-order valence-electron chi connectivity index (χ2n) is 5.59. The molecular formula is C17H24N2OS2. The number of nitrogens with one attached hydrogen (secondary N) is 1. The van der Waals surface area contributed by atoms with Gasteiger partial charge in [0.05, 0.1) is 6.04 Å². The average Bonchev–Trinajstić information content (AvgIpc) is 3.17. The van der Waals surface area contributed by atoms with E-state index in [1.54, 1.807) is 22.7 Å². The number of carbonyl (C=O) groups is 1. The number of hydrogen-bond acceptors (Lipinski definition) is 4. The summed E-state index contributed by atoms with van der Waals surface area (Å²) in [7, 11) is 4.11. The summed E-state index contributed by atoms with van der Waals surface area (Å²) in [6.45, 7) is 0.678. The number of hydrogen-bond donors (Lipinski definition) is 1. The Morgan fingerprint density at radius 1 is 1.18 bits per heavy atom. The van der Waals surface area contributed by atoms with Gasteiger partial charge in [0.15, 0.2) is 0 Å². The Morgan fingerprint density at radius 3 is 2.59 bits per heavy atom. The summed E-state index contributed by atoms with van der Waals surface area (Å²) < 4.78 is 0. The fourth-order valence-corrected chi connectivity index (χ4v) is 4.03. The molecule has 22 heavy (non-hydrogen) atoms. The van der Waals surface area contributed by atoms with Crippen LogP contribution < -0.4 is 5.32 Å². The van der Waals surface area contributed by atoms with Crippen LogP contribution in [0.25, 0.3) is 0 Å².